The maximum Gasteiger partial charge on any atom is 0.0715 e. The fourth-order valence-electron chi connectivity index (χ4n) is 6.74. The normalized spacial score (nSPS) is 13.3. The zero-order valence-corrected chi connectivity index (χ0v) is 30.0. The molecule has 0 saturated heterocycles. The molecule has 1 heterocycles. The Balaban J connectivity index is 1.47. The van der Waals surface area contributed by atoms with Crippen molar-refractivity contribution >= 4 is 90.0 Å². The van der Waals surface area contributed by atoms with Gasteiger partial charge < -0.3 is 9.80 Å². The van der Waals surface area contributed by atoms with Crippen LogP contribution in [0, 0.1) is 0 Å². The third kappa shape index (κ3) is 5.82. The van der Waals surface area contributed by atoms with Crippen LogP contribution in [-0.4, -0.2) is 9.49 Å². The number of rotatable bonds is 4. The summed E-state index contributed by atoms with van der Waals surface area (Å²) in [5, 5.41) is 7.42. The summed E-state index contributed by atoms with van der Waals surface area (Å²) >= 11 is 3.91. The van der Waals surface area contributed by atoms with Crippen molar-refractivity contribution in [3.8, 4) is 0 Å². The minimum absolute atomic E-state index is 0.0516. The Kier molecular flexibility index (Phi) is 7.50. The quantitative estimate of drug-likeness (QED) is 0.173. The molecule has 4 heteroatoms. The Labute approximate surface area is 292 Å². The highest BCUT2D eigenvalue weighted by molar-refractivity contribution is 8.03. The minimum atomic E-state index is 0.0516. The zero-order valence-electron chi connectivity index (χ0n) is 28.4. The van der Waals surface area contributed by atoms with E-state index in [9.17, 15) is 0 Å². The van der Waals surface area contributed by atoms with E-state index in [0.717, 1.165) is 11.4 Å². The summed E-state index contributed by atoms with van der Waals surface area (Å²) in [4.78, 5) is 7.63. The zero-order chi connectivity index (χ0) is 33.2. The minimum Gasteiger partial charge on any atom is -0.306 e. The van der Waals surface area contributed by atoms with Crippen LogP contribution >= 0.6 is 23.5 Å². The highest BCUT2D eigenvalue weighted by atomic mass is 32.2. The third-order valence-corrected chi connectivity index (χ3v) is 11.1. The monoisotopic (exact) mass is 660 g/mol. The van der Waals surface area contributed by atoms with Crippen molar-refractivity contribution < 1.29 is 0 Å². The number of benzene rings is 7. The largest absolute Gasteiger partial charge is 0.306 e. The van der Waals surface area contributed by atoms with Crippen LogP contribution < -0.4 is 9.80 Å². The number of hydrogen-bond donors (Lipinski definition) is 0. The molecule has 48 heavy (non-hydrogen) atoms. The highest BCUT2D eigenvalue weighted by Crippen LogP contribution is 2.58. The number of thioether (sulfide) groups is 2. The van der Waals surface area contributed by atoms with E-state index in [1.165, 1.54) is 64.9 Å². The molecule has 0 aliphatic carbocycles. The first-order valence-electron chi connectivity index (χ1n) is 16.7. The van der Waals surface area contributed by atoms with Gasteiger partial charge in [0, 0.05) is 30.7 Å². The predicted octanol–water partition coefficient (Wildman–Crippen LogP) is 14.2. The summed E-state index contributed by atoms with van der Waals surface area (Å²) < 4.78 is 0.103. The number of fused-ring (bicyclic) bond motifs is 5. The maximum absolute atomic E-state index is 2.50. The van der Waals surface area contributed by atoms with E-state index in [4.69, 9.17) is 0 Å². The van der Waals surface area contributed by atoms with Crippen LogP contribution in [0.5, 0.6) is 0 Å². The lowest BCUT2D eigenvalue weighted by Gasteiger charge is -2.41. The molecule has 0 saturated carbocycles. The van der Waals surface area contributed by atoms with Crippen molar-refractivity contribution in [3.63, 3.8) is 0 Å². The molecule has 2 nitrogen and oxygen atoms in total. The van der Waals surface area contributed by atoms with Crippen molar-refractivity contribution in [1.29, 1.82) is 0 Å². The van der Waals surface area contributed by atoms with E-state index >= 15 is 0 Å². The van der Waals surface area contributed by atoms with Crippen LogP contribution in [0.2, 0.25) is 0 Å². The molecule has 0 N–H and O–H groups in total. The summed E-state index contributed by atoms with van der Waals surface area (Å²) in [5.74, 6) is 0. The molecule has 1 aliphatic heterocycles. The van der Waals surface area contributed by atoms with Gasteiger partial charge in [-0.15, -0.1) is 23.5 Å². The standard InChI is InChI=1S/C44H40N2S2/c1-43(2,3)47-41-27-39-40(28-42(41)48-44(4,5)6)46(36-22-20-30-14-8-10-16-32(30)24-36)38-26-34-18-12-11-17-33(34)25-37(38)45(39)35-21-19-29-13-7-9-15-31(29)23-35/h7-28H,1-6H3. The Morgan fingerprint density at radius 2 is 0.667 bits per heavy atom. The smallest absolute Gasteiger partial charge is 0.0715 e. The molecule has 0 unspecified atom stereocenters. The number of nitrogens with zero attached hydrogens (tertiary/aromatic N) is 2. The molecule has 0 fully saturated rings. The van der Waals surface area contributed by atoms with Crippen molar-refractivity contribution in [2.75, 3.05) is 9.80 Å². The molecule has 8 rings (SSSR count). The van der Waals surface area contributed by atoms with Gasteiger partial charge in [-0.25, -0.2) is 0 Å². The van der Waals surface area contributed by atoms with Crippen LogP contribution in [-0.2, 0) is 0 Å². The van der Waals surface area contributed by atoms with Gasteiger partial charge in [-0.1, -0.05) is 126 Å². The highest BCUT2D eigenvalue weighted by Gasteiger charge is 2.34. The van der Waals surface area contributed by atoms with Crippen molar-refractivity contribution in [3.05, 3.63) is 133 Å². The second-order valence-electron chi connectivity index (χ2n) is 14.6. The molecule has 0 radical (unpaired) electrons. The topological polar surface area (TPSA) is 6.48 Å². The molecule has 1 aliphatic rings. The molecule has 0 spiro atoms. The predicted molar refractivity (Wildman–Crippen MR) is 213 cm³/mol. The second kappa shape index (κ2) is 11.6. The van der Waals surface area contributed by atoms with Gasteiger partial charge in [-0.05, 0) is 80.8 Å². The Bertz CT molecular complexity index is 2180. The molecule has 0 bridgehead atoms. The van der Waals surface area contributed by atoms with E-state index in [-0.39, 0.29) is 9.49 Å². The first kappa shape index (κ1) is 30.9. The maximum atomic E-state index is 2.50. The first-order chi connectivity index (χ1) is 23.0. The average Bonchev–Trinajstić information content (AvgIpc) is 3.05. The average molecular weight is 661 g/mol. The molecule has 7 aromatic rings. The van der Waals surface area contributed by atoms with E-state index in [0.29, 0.717) is 0 Å². The summed E-state index contributed by atoms with van der Waals surface area (Å²) in [5.41, 5.74) is 7.04. The molecule has 0 atom stereocenters. The van der Waals surface area contributed by atoms with Crippen LogP contribution in [0.3, 0.4) is 0 Å². The van der Waals surface area contributed by atoms with Crippen molar-refractivity contribution in [2.24, 2.45) is 0 Å². The molecular formula is C44H40N2S2. The van der Waals surface area contributed by atoms with Crippen LogP contribution in [0.4, 0.5) is 34.1 Å². The summed E-state index contributed by atoms with van der Waals surface area (Å²) in [6, 6.07) is 49.5. The van der Waals surface area contributed by atoms with E-state index in [1.54, 1.807) is 0 Å². The Hall–Kier alpha value is -4.38. The van der Waals surface area contributed by atoms with Crippen LogP contribution in [0.1, 0.15) is 41.5 Å². The molecular weight excluding hydrogens is 621 g/mol. The summed E-state index contributed by atoms with van der Waals surface area (Å²) in [7, 11) is 0. The first-order valence-corrected chi connectivity index (χ1v) is 18.3. The third-order valence-electron chi connectivity index (χ3n) is 8.66. The Morgan fingerprint density at radius 1 is 0.354 bits per heavy atom. The van der Waals surface area contributed by atoms with Crippen LogP contribution in [0.15, 0.2) is 143 Å². The lowest BCUT2D eigenvalue weighted by atomic mass is 9.99. The lowest BCUT2D eigenvalue weighted by molar-refractivity contribution is 0.794. The molecule has 238 valence electrons. The SMILES string of the molecule is CC(C)(C)Sc1cc2c(cc1SC(C)(C)C)N(c1ccc3ccccc3c1)c1cc3ccccc3cc1N2c1ccc2ccccc2c1. The fraction of sp³-hybridized carbons (Fsp3) is 0.182. The lowest BCUT2D eigenvalue weighted by Crippen LogP contribution is -2.24. The van der Waals surface area contributed by atoms with E-state index < -0.39 is 0 Å². The molecule has 7 aromatic carbocycles. The van der Waals surface area contributed by atoms with Gasteiger partial charge in [0.25, 0.3) is 0 Å². The van der Waals surface area contributed by atoms with Gasteiger partial charge in [-0.3, -0.25) is 0 Å². The molecule has 0 aromatic heterocycles. The van der Waals surface area contributed by atoms with E-state index in [1.807, 2.05) is 23.5 Å². The van der Waals surface area contributed by atoms with Gasteiger partial charge in [0.1, 0.15) is 0 Å². The number of hydrogen-bond acceptors (Lipinski definition) is 4. The van der Waals surface area contributed by atoms with Gasteiger partial charge in [-0.2, -0.15) is 0 Å². The number of anilines is 6. The van der Waals surface area contributed by atoms with E-state index in [2.05, 4.69) is 185 Å². The van der Waals surface area contributed by atoms with Gasteiger partial charge in [0.15, 0.2) is 0 Å². The fourth-order valence-corrected chi connectivity index (χ4v) is 8.97. The van der Waals surface area contributed by atoms with Gasteiger partial charge in [0.2, 0.25) is 0 Å². The van der Waals surface area contributed by atoms with Gasteiger partial charge >= 0.3 is 0 Å². The van der Waals surface area contributed by atoms with Gasteiger partial charge in [0.05, 0.1) is 22.7 Å². The second-order valence-corrected chi connectivity index (χ2v) is 18.4. The Morgan fingerprint density at radius 3 is 1.02 bits per heavy atom. The summed E-state index contributed by atoms with van der Waals surface area (Å²) in [6.45, 7) is 13.9. The van der Waals surface area contributed by atoms with Crippen LogP contribution in [0.25, 0.3) is 32.3 Å². The van der Waals surface area contributed by atoms with Crippen molar-refractivity contribution in [1.82, 2.24) is 0 Å². The van der Waals surface area contributed by atoms with Crippen molar-refractivity contribution in [2.45, 2.75) is 60.8 Å². The molecule has 0 amide bonds. The summed E-state index contributed by atoms with van der Waals surface area (Å²) in [6.07, 6.45) is 0.